The van der Waals surface area contributed by atoms with Gasteiger partial charge in [0.25, 0.3) is 0 Å². The SMILES string of the molecule is C1CCC1.CCCCCCCC.N.N.O=[P+](O)O. The molecule has 6 heteroatoms. The Morgan fingerprint density at radius 3 is 1.11 bits per heavy atom. The van der Waals surface area contributed by atoms with Crippen molar-refractivity contribution in [3.05, 3.63) is 0 Å². The molecule has 1 saturated carbocycles. The third-order valence-electron chi connectivity index (χ3n) is 2.46. The summed E-state index contributed by atoms with van der Waals surface area (Å²) in [4.78, 5) is 14.2. The predicted molar refractivity (Wildman–Crippen MR) is 79.6 cm³/mol. The van der Waals surface area contributed by atoms with E-state index in [4.69, 9.17) is 14.4 Å². The quantitative estimate of drug-likeness (QED) is 0.422. The summed E-state index contributed by atoms with van der Waals surface area (Å²) in [6, 6.07) is 0. The number of hydrogen-bond donors (Lipinski definition) is 4. The molecule has 1 rings (SSSR count). The molecule has 1 aliphatic rings. The average Bonchev–Trinajstić information content (AvgIpc) is 2.09. The van der Waals surface area contributed by atoms with Crippen LogP contribution in [0.25, 0.3) is 0 Å². The van der Waals surface area contributed by atoms with Crippen LogP contribution in [0.15, 0.2) is 0 Å². The van der Waals surface area contributed by atoms with E-state index in [1.165, 1.54) is 64.2 Å². The van der Waals surface area contributed by atoms with Crippen LogP contribution in [-0.2, 0) is 4.57 Å². The molecule has 0 amide bonds. The molecule has 18 heavy (non-hydrogen) atoms. The Kier molecular flexibility index (Phi) is 37.8. The van der Waals surface area contributed by atoms with Crippen LogP contribution in [0.2, 0.25) is 0 Å². The summed E-state index contributed by atoms with van der Waals surface area (Å²) in [6.45, 7) is 4.51. The predicted octanol–water partition coefficient (Wildman–Crippen LogP) is 4.88. The van der Waals surface area contributed by atoms with Crippen LogP contribution >= 0.6 is 8.25 Å². The fourth-order valence-corrected chi connectivity index (χ4v) is 1.10. The van der Waals surface area contributed by atoms with E-state index in [1.807, 2.05) is 0 Å². The van der Waals surface area contributed by atoms with Gasteiger partial charge < -0.3 is 12.3 Å². The van der Waals surface area contributed by atoms with E-state index in [9.17, 15) is 0 Å². The highest BCUT2D eigenvalue weighted by Crippen LogP contribution is 2.15. The lowest BCUT2D eigenvalue weighted by molar-refractivity contribution is 0.405. The zero-order valence-electron chi connectivity index (χ0n) is 12.2. The standard InChI is InChI=1S/C8H18.C4H8.2H3N.HO3P/c1-3-5-7-8-6-4-2;1-2-4-3-1;;;1-4(2)3/h3-8H2,1-2H3;1-4H2;2*1H3;(H-,1,2,3)/p+1. The Hall–Kier alpha value is -0.0600. The number of unbranched alkanes of at least 4 members (excludes halogenated alkanes) is 5. The molecule has 0 aliphatic heterocycles. The summed E-state index contributed by atoms with van der Waals surface area (Å²) >= 11 is 0. The first kappa shape index (κ1) is 26.5. The van der Waals surface area contributed by atoms with Crippen molar-refractivity contribution >= 4 is 8.25 Å². The maximum atomic E-state index is 8.70. The summed E-state index contributed by atoms with van der Waals surface area (Å²) < 4.78 is 8.70. The summed E-state index contributed by atoms with van der Waals surface area (Å²) in [6.07, 6.45) is 14.5. The Bertz CT molecular complexity index is 131. The molecule has 0 atom stereocenters. The van der Waals surface area contributed by atoms with Gasteiger partial charge in [0.1, 0.15) is 0 Å². The second-order valence-electron chi connectivity index (χ2n) is 4.08. The Morgan fingerprint density at radius 1 is 0.778 bits per heavy atom. The van der Waals surface area contributed by atoms with Gasteiger partial charge in [-0.25, -0.2) is 0 Å². The smallest absolute Gasteiger partial charge is 0.344 e. The van der Waals surface area contributed by atoms with Crippen LogP contribution in [0.4, 0.5) is 0 Å². The van der Waals surface area contributed by atoms with Gasteiger partial charge in [-0.2, -0.15) is 0 Å². The Labute approximate surface area is 113 Å². The normalized spacial score (nSPS) is 11.1. The van der Waals surface area contributed by atoms with E-state index in [2.05, 4.69) is 13.8 Å². The van der Waals surface area contributed by atoms with Gasteiger partial charge in [-0.1, -0.05) is 78.1 Å². The zero-order valence-corrected chi connectivity index (χ0v) is 13.1. The molecular weight excluding hydrogens is 251 g/mol. The summed E-state index contributed by atoms with van der Waals surface area (Å²) in [7, 11) is -2.87. The van der Waals surface area contributed by atoms with Crippen molar-refractivity contribution in [2.45, 2.75) is 78.1 Å². The first-order valence-corrected chi connectivity index (χ1v) is 7.66. The largest absolute Gasteiger partial charge is 0.692 e. The lowest BCUT2D eigenvalue weighted by Crippen LogP contribution is -1.85. The van der Waals surface area contributed by atoms with Gasteiger partial charge >= 0.3 is 8.25 Å². The van der Waals surface area contributed by atoms with Gasteiger partial charge in [-0.15, -0.1) is 9.79 Å². The topological polar surface area (TPSA) is 128 Å². The van der Waals surface area contributed by atoms with E-state index in [-0.39, 0.29) is 12.3 Å². The van der Waals surface area contributed by atoms with Crippen molar-refractivity contribution in [2.24, 2.45) is 0 Å². The van der Waals surface area contributed by atoms with Crippen molar-refractivity contribution in [1.29, 1.82) is 0 Å². The average molecular weight is 285 g/mol. The minimum absolute atomic E-state index is 0. The van der Waals surface area contributed by atoms with E-state index < -0.39 is 8.25 Å². The molecule has 0 aromatic rings. The highest BCUT2D eigenvalue weighted by atomic mass is 31.1. The van der Waals surface area contributed by atoms with Crippen molar-refractivity contribution in [3.8, 4) is 0 Å². The Balaban J connectivity index is -0.0000000840. The summed E-state index contributed by atoms with van der Waals surface area (Å²) in [5, 5.41) is 0. The van der Waals surface area contributed by atoms with Crippen LogP contribution in [-0.4, -0.2) is 9.79 Å². The number of rotatable bonds is 5. The fourth-order valence-electron chi connectivity index (χ4n) is 1.10. The van der Waals surface area contributed by atoms with Crippen LogP contribution < -0.4 is 12.3 Å². The number of hydrogen-bond acceptors (Lipinski definition) is 3. The molecule has 0 aromatic carbocycles. The lowest BCUT2D eigenvalue weighted by Gasteiger charge is -2.05. The van der Waals surface area contributed by atoms with Crippen molar-refractivity contribution in [3.63, 3.8) is 0 Å². The summed E-state index contributed by atoms with van der Waals surface area (Å²) in [5.41, 5.74) is 0. The molecule has 0 bridgehead atoms. The van der Waals surface area contributed by atoms with Crippen LogP contribution in [0.5, 0.6) is 0 Å². The monoisotopic (exact) mass is 285 g/mol. The third kappa shape index (κ3) is 44.5. The zero-order chi connectivity index (χ0) is 12.6. The third-order valence-corrected chi connectivity index (χ3v) is 2.46. The first-order valence-electron chi connectivity index (χ1n) is 6.50. The molecule has 0 heterocycles. The van der Waals surface area contributed by atoms with E-state index >= 15 is 0 Å². The Morgan fingerprint density at radius 2 is 1.00 bits per heavy atom. The van der Waals surface area contributed by atoms with Crippen molar-refractivity contribution in [1.82, 2.24) is 12.3 Å². The minimum Gasteiger partial charge on any atom is -0.344 e. The van der Waals surface area contributed by atoms with E-state index in [1.54, 1.807) is 0 Å². The second-order valence-corrected chi connectivity index (χ2v) is 4.59. The van der Waals surface area contributed by atoms with Gasteiger partial charge in [-0.3, -0.25) is 0 Å². The fraction of sp³-hybridized carbons (Fsp3) is 1.00. The van der Waals surface area contributed by atoms with Gasteiger partial charge in [0.05, 0.1) is 0 Å². The maximum Gasteiger partial charge on any atom is 0.692 e. The molecule has 0 aromatic heterocycles. The maximum absolute atomic E-state index is 8.70. The highest BCUT2D eigenvalue weighted by Gasteiger charge is 1.95. The van der Waals surface area contributed by atoms with Gasteiger partial charge in [0.2, 0.25) is 0 Å². The molecular formula is C12H34N2O3P+. The molecule has 0 radical (unpaired) electrons. The summed E-state index contributed by atoms with van der Waals surface area (Å²) in [5.74, 6) is 0. The van der Waals surface area contributed by atoms with Crippen LogP contribution in [0.3, 0.4) is 0 Å². The molecule has 0 unspecified atom stereocenters. The van der Waals surface area contributed by atoms with E-state index in [0.29, 0.717) is 0 Å². The first-order chi connectivity index (χ1) is 7.65. The molecule has 1 aliphatic carbocycles. The highest BCUT2D eigenvalue weighted by molar-refractivity contribution is 7.30. The molecule has 114 valence electrons. The minimum atomic E-state index is -2.87. The molecule has 8 N–H and O–H groups in total. The van der Waals surface area contributed by atoms with Crippen LogP contribution in [0.1, 0.15) is 78.1 Å². The molecule has 0 spiro atoms. The van der Waals surface area contributed by atoms with Gasteiger partial charge in [0, 0.05) is 4.57 Å². The second kappa shape index (κ2) is 25.7. The van der Waals surface area contributed by atoms with Crippen molar-refractivity contribution in [2.75, 3.05) is 0 Å². The van der Waals surface area contributed by atoms with Gasteiger partial charge in [0.15, 0.2) is 0 Å². The van der Waals surface area contributed by atoms with E-state index in [0.717, 1.165) is 0 Å². The van der Waals surface area contributed by atoms with Gasteiger partial charge in [-0.05, 0) is 0 Å². The molecule has 0 saturated heterocycles. The molecule has 5 nitrogen and oxygen atoms in total. The molecule has 1 fully saturated rings. The van der Waals surface area contributed by atoms with Crippen LogP contribution in [0, 0.1) is 0 Å². The lowest BCUT2D eigenvalue weighted by atomic mass is 10.0. The van der Waals surface area contributed by atoms with Crippen molar-refractivity contribution < 1.29 is 14.4 Å².